The largest absolute Gasteiger partial charge is 0.496 e. The standard InChI is InChI=1S/C55H74N10O17S2/c1-5-27(2)34-18-30(67)21-57-50(76)29-16-35-33-6-7-42(82-4)36(25-83-32-10-13-63(14-11-32)45(73)12-15-64-46(74)8-9-47(64)75)49(33)62-54(35)84(81)26-38(59-44(72)22-58-51(34)77)52(78)60-37(20-43(56)71)55(80)65-23-31(68)19-39(65)53(79)61-48(40(69)17-29)28(3)41(70)24-66/h6-9,27-29,31-32,34,37-39,41,48,62,66,68,70H,5,10-26H2,1-4H3,(H2,56,71)(H,57,76)(H,58,77)(H,59,72)(H,60,78)(H,61,79)/t27-,28-,29+,31+,34-,37-,38-,39-,41-,48-,84?/m0/s1. The van der Waals surface area contributed by atoms with Crippen LogP contribution in [0.15, 0.2) is 29.3 Å². The van der Waals surface area contributed by atoms with Crippen LogP contribution in [0.1, 0.15) is 83.3 Å². The molecule has 458 valence electrons. The van der Waals surface area contributed by atoms with Gasteiger partial charge in [-0.15, -0.1) is 0 Å². The molecule has 1 aromatic heterocycles. The number of fused-ring (bicyclic) bond motifs is 5. The van der Waals surface area contributed by atoms with Gasteiger partial charge in [0, 0.05) is 104 Å². The molecular formula is C55H74N10O17S2. The summed E-state index contributed by atoms with van der Waals surface area (Å²) in [6.45, 7) is 2.80. The zero-order chi connectivity index (χ0) is 61.3. The number of ether oxygens (including phenoxy) is 1. The second-order valence-corrected chi connectivity index (χ2v) is 24.7. The van der Waals surface area contributed by atoms with Gasteiger partial charge < -0.3 is 67.2 Å². The first-order chi connectivity index (χ1) is 39.9. The van der Waals surface area contributed by atoms with E-state index in [1.54, 1.807) is 30.9 Å². The number of imide groups is 1. The number of H-pyrrole nitrogens is 1. The van der Waals surface area contributed by atoms with Gasteiger partial charge in [0.15, 0.2) is 11.6 Å². The first kappa shape index (κ1) is 64.5. The number of rotatable bonds is 14. The molecule has 2 fully saturated rings. The number of hydrogen-bond acceptors (Lipinski definition) is 18. The van der Waals surface area contributed by atoms with E-state index in [-0.39, 0.29) is 46.9 Å². The summed E-state index contributed by atoms with van der Waals surface area (Å²) in [7, 11) is -0.986. The third-order valence-corrected chi connectivity index (χ3v) is 19.2. The molecule has 1 aromatic carbocycles. The van der Waals surface area contributed by atoms with Crippen molar-refractivity contribution in [3.63, 3.8) is 0 Å². The summed E-state index contributed by atoms with van der Waals surface area (Å²) in [5, 5.41) is 44.9. The van der Waals surface area contributed by atoms with Gasteiger partial charge in [0.25, 0.3) is 11.8 Å². The molecule has 0 radical (unpaired) electrons. The maximum atomic E-state index is 15.4. The molecule has 10 amide bonds. The lowest BCUT2D eigenvalue weighted by Crippen LogP contribution is -2.60. The van der Waals surface area contributed by atoms with Crippen molar-refractivity contribution in [3.05, 3.63) is 35.4 Å². The maximum absolute atomic E-state index is 15.4. The number of primary amides is 1. The van der Waals surface area contributed by atoms with E-state index >= 15 is 4.21 Å². The Morgan fingerprint density at radius 2 is 1.58 bits per heavy atom. The van der Waals surface area contributed by atoms with Crippen LogP contribution in [-0.2, 0) is 80.5 Å². The van der Waals surface area contributed by atoms with E-state index in [9.17, 15) is 72.9 Å². The molecule has 27 nitrogen and oxygen atoms in total. The summed E-state index contributed by atoms with van der Waals surface area (Å²) in [6, 6.07) is -3.70. The number of nitrogens with one attached hydrogen (secondary N) is 6. The highest BCUT2D eigenvalue weighted by Gasteiger charge is 2.45. The van der Waals surface area contributed by atoms with Crippen molar-refractivity contribution in [2.45, 2.75) is 131 Å². The highest BCUT2D eigenvalue weighted by molar-refractivity contribution is 7.99. The van der Waals surface area contributed by atoms with Crippen molar-refractivity contribution in [1.29, 1.82) is 0 Å². The van der Waals surface area contributed by atoms with Gasteiger partial charge in [0.05, 0.1) is 73.5 Å². The van der Waals surface area contributed by atoms with Crippen molar-refractivity contribution < 1.29 is 81.8 Å². The Labute approximate surface area is 490 Å². The number of amides is 10. The maximum Gasteiger partial charge on any atom is 0.253 e. The quantitative estimate of drug-likeness (QED) is 0.0849. The molecule has 0 spiro atoms. The molecule has 84 heavy (non-hydrogen) atoms. The highest BCUT2D eigenvalue weighted by Crippen LogP contribution is 2.39. The number of piperidine rings is 1. The predicted molar refractivity (Wildman–Crippen MR) is 301 cm³/mol. The lowest BCUT2D eigenvalue weighted by Gasteiger charge is -2.32. The molecular weight excluding hydrogens is 1140 g/mol. The topological polar surface area (TPSA) is 404 Å². The Balaban J connectivity index is 1.33. The van der Waals surface area contributed by atoms with Gasteiger partial charge >= 0.3 is 0 Å². The van der Waals surface area contributed by atoms with Gasteiger partial charge in [-0.1, -0.05) is 27.2 Å². The van der Waals surface area contributed by atoms with Gasteiger partial charge in [-0.05, 0) is 42.9 Å². The fraction of sp³-hybridized carbons (Fsp3) is 0.600. The third kappa shape index (κ3) is 15.4. The van der Waals surface area contributed by atoms with Gasteiger partial charge in [0.2, 0.25) is 47.3 Å². The molecule has 11 atom stereocenters. The fourth-order valence-corrected chi connectivity index (χ4v) is 13.8. The average Bonchev–Trinajstić information content (AvgIpc) is 2.31. The van der Waals surface area contributed by atoms with Crippen LogP contribution in [0.2, 0.25) is 0 Å². The van der Waals surface area contributed by atoms with Crippen LogP contribution in [0.25, 0.3) is 10.9 Å². The molecule has 2 saturated heterocycles. The molecule has 2 aromatic rings. The number of carbonyl (C=O) groups excluding carboxylic acids is 12. The van der Waals surface area contributed by atoms with Crippen LogP contribution >= 0.6 is 11.8 Å². The zero-order valence-electron chi connectivity index (χ0n) is 47.2. The predicted octanol–water partition coefficient (Wildman–Crippen LogP) is -2.90. The number of benzene rings is 1. The number of aliphatic hydroxyl groups is 3. The molecule has 0 saturated carbocycles. The molecule has 7 rings (SSSR count). The van der Waals surface area contributed by atoms with Crippen molar-refractivity contribution >= 4 is 104 Å². The lowest BCUT2D eigenvalue weighted by molar-refractivity contribution is -0.144. The first-order valence-corrected chi connectivity index (χ1v) is 30.4. The Morgan fingerprint density at radius 1 is 0.893 bits per heavy atom. The van der Waals surface area contributed by atoms with Crippen LogP contribution in [0.3, 0.4) is 0 Å². The minimum Gasteiger partial charge on any atom is -0.496 e. The van der Waals surface area contributed by atoms with Crippen LogP contribution in [0, 0.1) is 23.7 Å². The van der Waals surface area contributed by atoms with Crippen LogP contribution < -0.4 is 37.1 Å². The second-order valence-electron chi connectivity index (χ2n) is 22.0. The summed E-state index contributed by atoms with van der Waals surface area (Å²) < 4.78 is 21.2. The summed E-state index contributed by atoms with van der Waals surface area (Å²) in [4.78, 5) is 172. The third-order valence-electron chi connectivity index (χ3n) is 16.3. The van der Waals surface area contributed by atoms with Crippen molar-refractivity contribution in [2.24, 2.45) is 29.4 Å². The number of nitrogens with zero attached hydrogens (tertiary/aromatic N) is 3. The van der Waals surface area contributed by atoms with E-state index in [0.29, 0.717) is 54.6 Å². The number of likely N-dealkylation sites (tertiary alicyclic amines) is 1. The number of thioether (sulfide) groups is 1. The van der Waals surface area contributed by atoms with E-state index in [0.717, 1.165) is 22.0 Å². The molecule has 5 aliphatic rings. The molecule has 1 unspecified atom stereocenters. The second kappa shape index (κ2) is 28.7. The van der Waals surface area contributed by atoms with Crippen LogP contribution in [-0.4, -0.2) is 210 Å². The number of aromatic nitrogens is 1. The summed E-state index contributed by atoms with van der Waals surface area (Å²) in [5.74, 6) is -13.9. The molecule has 11 N–H and O–H groups in total. The summed E-state index contributed by atoms with van der Waals surface area (Å²) in [5.41, 5.74) is 6.69. The van der Waals surface area contributed by atoms with Gasteiger partial charge in [0.1, 0.15) is 28.9 Å². The number of Topliss-reactive ketones (excluding diaryl/α,β-unsaturated/α-hetero) is 2. The van der Waals surface area contributed by atoms with Crippen LogP contribution in [0.4, 0.5) is 0 Å². The van der Waals surface area contributed by atoms with Crippen molar-refractivity contribution in [2.75, 3.05) is 58.7 Å². The normalized spacial score (nSPS) is 26.9. The van der Waals surface area contributed by atoms with Gasteiger partial charge in [-0.2, -0.15) is 11.8 Å². The summed E-state index contributed by atoms with van der Waals surface area (Å²) >= 11 is 1.54. The Morgan fingerprint density at radius 3 is 2.24 bits per heavy atom. The van der Waals surface area contributed by atoms with E-state index in [2.05, 4.69) is 31.6 Å². The van der Waals surface area contributed by atoms with Crippen LogP contribution in [0.5, 0.6) is 5.75 Å². The Bertz CT molecular complexity index is 2960. The minimum absolute atomic E-state index is 0.00288. The lowest BCUT2D eigenvalue weighted by atomic mass is 9.85. The SMILES string of the molecule is CC[C@H](C)[C@@H]1CC(=O)CNC(=O)[C@H]2CC(=O)[C@H]([C@@H](C)[C@@H](O)CO)NC(=O)[C@@H]3C[C@@H](O)CN3C(=O)[C@H](CC(N)=O)NC(=O)[C@H](CS(=O)c3[nH]c4c(CSC5CCN(C(=O)CCN6C(=O)C=CC6=O)CC5)c(OC)ccc4c3C2)NC(=O)CNC1=O. The molecule has 2 bridgehead atoms. The monoisotopic (exact) mass is 1210 g/mol. The first-order valence-electron chi connectivity index (χ1n) is 28.0. The number of aliphatic hydroxyl groups excluding tert-OH is 3. The van der Waals surface area contributed by atoms with Crippen molar-refractivity contribution in [1.82, 2.24) is 46.3 Å². The number of carbonyl (C=O) groups is 12. The molecule has 6 heterocycles. The minimum atomic E-state index is -2.43. The molecule has 0 aliphatic carbocycles. The van der Waals surface area contributed by atoms with Gasteiger partial charge in [-0.25, -0.2) is 0 Å². The van der Waals surface area contributed by atoms with E-state index in [1.165, 1.54) is 25.8 Å². The number of nitrogens with two attached hydrogens (primary N) is 1. The summed E-state index contributed by atoms with van der Waals surface area (Å²) in [6.07, 6.45) is -2.02. The Kier molecular flexibility index (Phi) is 22.0. The number of ketones is 2. The Hall–Kier alpha value is -7.08. The van der Waals surface area contributed by atoms with Gasteiger partial charge in [-0.3, -0.25) is 66.6 Å². The smallest absolute Gasteiger partial charge is 0.253 e. The fourth-order valence-electron chi connectivity index (χ4n) is 11.2. The van der Waals surface area contributed by atoms with E-state index < -0.39 is 193 Å². The number of hydrogen-bond donors (Lipinski definition) is 10. The molecule has 5 aliphatic heterocycles. The number of aromatic amines is 1. The van der Waals surface area contributed by atoms with Crippen molar-refractivity contribution in [3.8, 4) is 5.75 Å². The number of methoxy groups -OCH3 is 1. The van der Waals surface area contributed by atoms with E-state index in [1.807, 2.05) is 0 Å². The highest BCUT2D eigenvalue weighted by atomic mass is 32.2. The average molecular weight is 1210 g/mol. The molecule has 29 heteroatoms. The van der Waals surface area contributed by atoms with E-state index in [4.69, 9.17) is 10.5 Å². The zero-order valence-corrected chi connectivity index (χ0v) is 48.8.